The van der Waals surface area contributed by atoms with Crippen molar-refractivity contribution in [2.24, 2.45) is 5.73 Å². The molecule has 10 heavy (non-hydrogen) atoms. The van der Waals surface area contributed by atoms with E-state index in [0.717, 1.165) is 19.3 Å². The molecule has 0 aliphatic rings. The van der Waals surface area contributed by atoms with Crippen molar-refractivity contribution in [3.63, 3.8) is 0 Å². The highest BCUT2D eigenvalue weighted by molar-refractivity contribution is 9.07. The van der Waals surface area contributed by atoms with E-state index in [0.29, 0.717) is 6.54 Å². The molecule has 0 aromatic rings. The number of nitrogens with zero attached hydrogens (tertiary/aromatic N) is 1. The van der Waals surface area contributed by atoms with Crippen LogP contribution in [0.15, 0.2) is 0 Å². The van der Waals surface area contributed by atoms with Crippen molar-refractivity contribution in [1.29, 1.82) is 0 Å². The molecule has 0 aromatic heterocycles. The van der Waals surface area contributed by atoms with Gasteiger partial charge in [0.15, 0.2) is 0 Å². The fourth-order valence-electron chi connectivity index (χ4n) is 0.611. The molecule has 0 aromatic carbocycles. The average molecular weight is 209 g/mol. The third kappa shape index (κ3) is 4.61. The molecule has 0 rings (SSSR count). The molecule has 0 spiro atoms. The van der Waals surface area contributed by atoms with Crippen molar-refractivity contribution in [1.82, 2.24) is 3.93 Å². The summed E-state index contributed by atoms with van der Waals surface area (Å²) in [5.74, 6) is 0. The standard InChI is InChI=1S/C6H13BrN2O/c1-2-3-4-5-9(7)6(8)10/h2-5H2,1H3,(H2,8,10). The summed E-state index contributed by atoms with van der Waals surface area (Å²) < 4.78 is 1.35. The first-order chi connectivity index (χ1) is 4.68. The molecule has 0 heterocycles. The number of rotatable bonds is 4. The summed E-state index contributed by atoms with van der Waals surface area (Å²) >= 11 is 3.03. The molecule has 0 radical (unpaired) electrons. The lowest BCUT2D eigenvalue weighted by Crippen LogP contribution is -2.27. The topological polar surface area (TPSA) is 46.3 Å². The van der Waals surface area contributed by atoms with E-state index in [1.54, 1.807) is 0 Å². The Hall–Kier alpha value is -0.250. The van der Waals surface area contributed by atoms with Crippen molar-refractivity contribution in [3.05, 3.63) is 0 Å². The zero-order valence-electron chi connectivity index (χ0n) is 6.14. The van der Waals surface area contributed by atoms with Crippen molar-refractivity contribution in [2.45, 2.75) is 26.2 Å². The van der Waals surface area contributed by atoms with E-state index >= 15 is 0 Å². The van der Waals surface area contributed by atoms with Gasteiger partial charge >= 0.3 is 6.03 Å². The maximum atomic E-state index is 10.4. The monoisotopic (exact) mass is 208 g/mol. The molecule has 2 amide bonds. The van der Waals surface area contributed by atoms with E-state index in [9.17, 15) is 4.79 Å². The lowest BCUT2D eigenvalue weighted by atomic mass is 10.2. The van der Waals surface area contributed by atoms with Crippen molar-refractivity contribution < 1.29 is 4.79 Å². The molecule has 0 aliphatic carbocycles. The van der Waals surface area contributed by atoms with Gasteiger partial charge in [-0.1, -0.05) is 19.8 Å². The molecular formula is C6H13BrN2O. The molecule has 4 heteroatoms. The van der Waals surface area contributed by atoms with Crippen LogP contribution in [0.25, 0.3) is 0 Å². The zero-order valence-corrected chi connectivity index (χ0v) is 7.73. The van der Waals surface area contributed by atoms with Gasteiger partial charge in [0.25, 0.3) is 0 Å². The Labute approximate surface area is 69.9 Å². The fraction of sp³-hybridized carbons (Fsp3) is 0.833. The largest absolute Gasteiger partial charge is 0.351 e. The normalized spacial score (nSPS) is 9.40. The van der Waals surface area contributed by atoms with Gasteiger partial charge in [0, 0.05) is 6.54 Å². The van der Waals surface area contributed by atoms with Crippen molar-refractivity contribution >= 4 is 22.2 Å². The van der Waals surface area contributed by atoms with Crippen LogP contribution < -0.4 is 5.73 Å². The number of amides is 2. The minimum atomic E-state index is -0.420. The summed E-state index contributed by atoms with van der Waals surface area (Å²) in [4.78, 5) is 10.4. The summed E-state index contributed by atoms with van der Waals surface area (Å²) in [6.07, 6.45) is 3.29. The molecule has 0 atom stereocenters. The summed E-state index contributed by atoms with van der Waals surface area (Å²) in [6, 6.07) is -0.420. The highest BCUT2D eigenvalue weighted by Crippen LogP contribution is 2.01. The Balaban J connectivity index is 3.21. The average Bonchev–Trinajstić information content (AvgIpc) is 1.88. The Morgan fingerprint density at radius 2 is 2.20 bits per heavy atom. The Bertz CT molecular complexity index is 108. The van der Waals surface area contributed by atoms with E-state index in [-0.39, 0.29) is 0 Å². The van der Waals surface area contributed by atoms with Gasteiger partial charge in [-0.25, -0.2) is 4.79 Å². The van der Waals surface area contributed by atoms with Gasteiger partial charge in [0.2, 0.25) is 0 Å². The minimum absolute atomic E-state index is 0.420. The number of halogens is 1. The van der Waals surface area contributed by atoms with E-state index < -0.39 is 6.03 Å². The lowest BCUT2D eigenvalue weighted by Gasteiger charge is -2.09. The number of unbranched alkanes of at least 4 members (excludes halogenated alkanes) is 2. The van der Waals surface area contributed by atoms with Crippen molar-refractivity contribution in [2.75, 3.05) is 6.54 Å². The minimum Gasteiger partial charge on any atom is -0.351 e. The highest BCUT2D eigenvalue weighted by Gasteiger charge is 2.02. The van der Waals surface area contributed by atoms with E-state index in [1.807, 2.05) is 0 Å². The van der Waals surface area contributed by atoms with Gasteiger partial charge < -0.3 is 5.73 Å². The SMILES string of the molecule is CCCCCN(Br)C(N)=O. The summed E-state index contributed by atoms with van der Waals surface area (Å²) in [6.45, 7) is 2.81. The number of carbonyl (C=O) groups is 1. The zero-order chi connectivity index (χ0) is 7.98. The van der Waals surface area contributed by atoms with Crippen LogP contribution >= 0.6 is 16.1 Å². The van der Waals surface area contributed by atoms with Crippen LogP contribution in [0.2, 0.25) is 0 Å². The molecule has 60 valence electrons. The number of primary amides is 1. The number of urea groups is 1. The summed E-state index contributed by atoms with van der Waals surface area (Å²) in [5, 5.41) is 0. The number of carbonyl (C=O) groups excluding carboxylic acids is 1. The van der Waals surface area contributed by atoms with Crippen LogP contribution in [-0.2, 0) is 0 Å². The highest BCUT2D eigenvalue weighted by atomic mass is 79.9. The Morgan fingerprint density at radius 1 is 1.60 bits per heavy atom. The van der Waals surface area contributed by atoms with Gasteiger partial charge in [-0.2, -0.15) is 0 Å². The number of hydrogen-bond donors (Lipinski definition) is 1. The molecule has 0 unspecified atom stereocenters. The summed E-state index contributed by atoms with van der Waals surface area (Å²) in [7, 11) is 0. The first kappa shape index (κ1) is 9.75. The fourth-order valence-corrected chi connectivity index (χ4v) is 0.862. The second kappa shape index (κ2) is 5.53. The third-order valence-corrected chi connectivity index (χ3v) is 1.90. The molecule has 3 nitrogen and oxygen atoms in total. The van der Waals surface area contributed by atoms with Crippen molar-refractivity contribution in [3.8, 4) is 0 Å². The second-order valence-electron chi connectivity index (χ2n) is 2.13. The molecule has 0 saturated heterocycles. The first-order valence-electron chi connectivity index (χ1n) is 3.41. The van der Waals surface area contributed by atoms with Crippen LogP contribution in [0.5, 0.6) is 0 Å². The lowest BCUT2D eigenvalue weighted by molar-refractivity contribution is 0.236. The van der Waals surface area contributed by atoms with Gasteiger partial charge in [-0.3, -0.25) is 3.93 Å². The maximum Gasteiger partial charge on any atom is 0.324 e. The van der Waals surface area contributed by atoms with Crippen LogP contribution in [0.3, 0.4) is 0 Å². The van der Waals surface area contributed by atoms with Crippen LogP contribution in [0.4, 0.5) is 4.79 Å². The molecule has 0 fully saturated rings. The molecule has 2 N–H and O–H groups in total. The quantitative estimate of drug-likeness (QED) is 0.557. The van der Waals surface area contributed by atoms with Crippen LogP contribution in [0, 0.1) is 0 Å². The smallest absolute Gasteiger partial charge is 0.324 e. The van der Waals surface area contributed by atoms with Crippen LogP contribution in [-0.4, -0.2) is 16.5 Å². The predicted molar refractivity (Wildman–Crippen MR) is 44.7 cm³/mol. The maximum absolute atomic E-state index is 10.4. The van der Waals surface area contributed by atoms with E-state index in [4.69, 9.17) is 5.73 Å². The van der Waals surface area contributed by atoms with Crippen LogP contribution in [0.1, 0.15) is 26.2 Å². The van der Waals surface area contributed by atoms with E-state index in [1.165, 1.54) is 3.93 Å². The summed E-state index contributed by atoms with van der Waals surface area (Å²) in [5.41, 5.74) is 4.96. The van der Waals surface area contributed by atoms with Gasteiger partial charge in [-0.15, -0.1) is 0 Å². The molecule has 0 bridgehead atoms. The molecule has 0 aliphatic heterocycles. The Kier molecular flexibility index (Phi) is 5.39. The van der Waals surface area contributed by atoms with E-state index in [2.05, 4.69) is 23.1 Å². The number of hydrogen-bond acceptors (Lipinski definition) is 1. The first-order valence-corrected chi connectivity index (χ1v) is 4.12. The predicted octanol–water partition coefficient (Wildman–Crippen LogP) is 1.87. The van der Waals surface area contributed by atoms with Gasteiger partial charge in [0.1, 0.15) is 0 Å². The number of nitrogens with two attached hydrogens (primary N) is 1. The second-order valence-corrected chi connectivity index (χ2v) is 2.99. The van der Waals surface area contributed by atoms with Gasteiger partial charge in [0.05, 0.1) is 16.1 Å². The Morgan fingerprint density at radius 3 is 2.60 bits per heavy atom. The third-order valence-electron chi connectivity index (χ3n) is 1.20. The molecular weight excluding hydrogens is 196 g/mol. The molecule has 0 saturated carbocycles. The van der Waals surface area contributed by atoms with Gasteiger partial charge in [-0.05, 0) is 6.42 Å².